The van der Waals surface area contributed by atoms with Crippen LogP contribution in [0.25, 0.3) is 21.0 Å². The van der Waals surface area contributed by atoms with Gasteiger partial charge >= 0.3 is 5.69 Å². The molecule has 0 aliphatic carbocycles. The van der Waals surface area contributed by atoms with Crippen molar-refractivity contribution in [3.63, 3.8) is 0 Å². The SMILES string of the molecule is COc1cccc(CC(C)O)c1CCn1c(=O)n(C(C)(C)C(=O)N2CCOCC2)c(=O)c2c(C)c(-c3ncco3)sc21. The van der Waals surface area contributed by atoms with Gasteiger partial charge in [-0.15, -0.1) is 11.3 Å². The van der Waals surface area contributed by atoms with Crippen LogP contribution in [0.3, 0.4) is 0 Å². The molecule has 1 aliphatic heterocycles. The number of aromatic nitrogens is 3. The van der Waals surface area contributed by atoms with Gasteiger partial charge in [0, 0.05) is 19.6 Å². The lowest BCUT2D eigenvalue weighted by Gasteiger charge is -2.35. The Hall–Kier alpha value is -3.74. The third-order valence-electron chi connectivity index (χ3n) is 7.77. The van der Waals surface area contributed by atoms with Crippen LogP contribution >= 0.6 is 11.3 Å². The number of fused-ring (bicyclic) bond motifs is 1. The quantitative estimate of drug-likeness (QED) is 0.312. The van der Waals surface area contributed by atoms with Crippen molar-refractivity contribution in [2.75, 3.05) is 33.4 Å². The maximum Gasteiger partial charge on any atom is 0.333 e. The van der Waals surface area contributed by atoms with Crippen LogP contribution in [0.1, 0.15) is 37.5 Å². The second kappa shape index (κ2) is 11.9. The van der Waals surface area contributed by atoms with Crippen molar-refractivity contribution in [3.05, 3.63) is 68.2 Å². The lowest BCUT2D eigenvalue weighted by atomic mass is 9.98. The zero-order chi connectivity index (χ0) is 30.2. The lowest BCUT2D eigenvalue weighted by Crippen LogP contribution is -2.58. The van der Waals surface area contributed by atoms with Gasteiger partial charge in [0.15, 0.2) is 0 Å². The Balaban J connectivity index is 1.70. The Morgan fingerprint density at radius 2 is 1.98 bits per heavy atom. The van der Waals surface area contributed by atoms with Gasteiger partial charge in [0.25, 0.3) is 5.56 Å². The minimum Gasteiger partial charge on any atom is -0.496 e. The highest BCUT2D eigenvalue weighted by Gasteiger charge is 2.39. The van der Waals surface area contributed by atoms with E-state index < -0.39 is 22.9 Å². The van der Waals surface area contributed by atoms with Gasteiger partial charge < -0.3 is 23.9 Å². The molecule has 42 heavy (non-hydrogen) atoms. The maximum absolute atomic E-state index is 14.3. The lowest BCUT2D eigenvalue weighted by molar-refractivity contribution is -0.143. The minimum atomic E-state index is -1.46. The summed E-state index contributed by atoms with van der Waals surface area (Å²) in [4.78, 5) is 49.3. The number of hydrogen-bond acceptors (Lipinski definition) is 9. The summed E-state index contributed by atoms with van der Waals surface area (Å²) in [5.74, 6) is 0.684. The summed E-state index contributed by atoms with van der Waals surface area (Å²) in [6.45, 7) is 8.53. The van der Waals surface area contributed by atoms with Gasteiger partial charge in [-0.3, -0.25) is 14.2 Å². The normalized spacial score (nSPS) is 14.9. The number of carbonyl (C=O) groups excluding carboxylic acids is 1. The Labute approximate surface area is 246 Å². The number of hydrogen-bond donors (Lipinski definition) is 1. The van der Waals surface area contributed by atoms with Gasteiger partial charge in [-0.1, -0.05) is 12.1 Å². The molecule has 0 radical (unpaired) electrons. The van der Waals surface area contributed by atoms with E-state index in [-0.39, 0.29) is 12.5 Å². The zero-order valence-electron chi connectivity index (χ0n) is 24.5. The molecule has 11 nitrogen and oxygen atoms in total. The van der Waals surface area contributed by atoms with E-state index in [1.165, 1.54) is 23.8 Å². The van der Waals surface area contributed by atoms with E-state index in [2.05, 4.69) is 4.98 Å². The number of aryl methyl sites for hydroxylation is 2. The fourth-order valence-electron chi connectivity index (χ4n) is 5.64. The average molecular weight is 597 g/mol. The van der Waals surface area contributed by atoms with Crippen LogP contribution in [-0.2, 0) is 34.5 Å². The number of thiophene rings is 1. The number of aliphatic hydroxyl groups is 1. The first-order valence-corrected chi connectivity index (χ1v) is 14.8. The number of oxazole rings is 1. The summed E-state index contributed by atoms with van der Waals surface area (Å²) in [7, 11) is 1.58. The number of amides is 1. The summed E-state index contributed by atoms with van der Waals surface area (Å²) in [5, 5.41) is 10.5. The molecule has 1 N–H and O–H groups in total. The topological polar surface area (TPSA) is 129 Å². The van der Waals surface area contributed by atoms with E-state index in [0.29, 0.717) is 71.4 Å². The third kappa shape index (κ3) is 5.30. The number of benzene rings is 1. The van der Waals surface area contributed by atoms with Crippen LogP contribution in [0, 0.1) is 6.92 Å². The number of morpholine rings is 1. The van der Waals surface area contributed by atoms with Crippen molar-refractivity contribution in [1.82, 2.24) is 19.0 Å². The summed E-state index contributed by atoms with van der Waals surface area (Å²) in [5.41, 5.74) is -0.161. The standard InChI is InChI=1S/C30H36N4O7S/c1-18(35)17-20-7-6-8-22(39-5)21(20)9-11-33-27-23(19(2)24(42-27)25-31-10-14-41-25)26(36)34(29(33)38)30(3,4)28(37)32-12-15-40-16-13-32/h6-8,10,14,18,35H,9,11-13,15-17H2,1-5H3. The number of ether oxygens (including phenoxy) is 2. The highest BCUT2D eigenvalue weighted by atomic mass is 32.1. The first kappa shape index (κ1) is 29.7. The molecule has 1 aliphatic rings. The number of carbonyl (C=O) groups is 1. The molecule has 224 valence electrons. The number of nitrogens with zero attached hydrogens (tertiary/aromatic N) is 4. The van der Waals surface area contributed by atoms with Gasteiger partial charge in [0.1, 0.15) is 22.4 Å². The molecule has 1 atom stereocenters. The monoisotopic (exact) mass is 596 g/mol. The highest BCUT2D eigenvalue weighted by molar-refractivity contribution is 7.22. The molecule has 0 bridgehead atoms. The van der Waals surface area contributed by atoms with E-state index in [1.54, 1.807) is 44.3 Å². The van der Waals surface area contributed by atoms with Crippen LogP contribution in [-0.4, -0.2) is 69.5 Å². The number of rotatable bonds is 9. The largest absolute Gasteiger partial charge is 0.496 e. The molecular weight excluding hydrogens is 560 g/mol. The van der Waals surface area contributed by atoms with Crippen molar-refractivity contribution in [1.29, 1.82) is 0 Å². The Morgan fingerprint density at radius 1 is 1.24 bits per heavy atom. The average Bonchev–Trinajstić information content (AvgIpc) is 3.61. The van der Waals surface area contributed by atoms with Gasteiger partial charge in [-0.2, -0.15) is 0 Å². The molecule has 0 saturated carbocycles. The molecule has 1 amide bonds. The van der Waals surface area contributed by atoms with Crippen molar-refractivity contribution in [2.24, 2.45) is 0 Å². The molecule has 1 aromatic carbocycles. The van der Waals surface area contributed by atoms with Crippen LogP contribution in [0.2, 0.25) is 0 Å². The molecule has 4 heterocycles. The molecule has 3 aromatic heterocycles. The molecule has 1 saturated heterocycles. The molecule has 4 aromatic rings. The number of aliphatic hydroxyl groups excluding tert-OH is 1. The molecule has 12 heteroatoms. The van der Waals surface area contributed by atoms with Crippen LogP contribution in [0.4, 0.5) is 0 Å². The number of methoxy groups -OCH3 is 1. The van der Waals surface area contributed by atoms with E-state index >= 15 is 0 Å². The van der Waals surface area contributed by atoms with E-state index in [0.717, 1.165) is 15.7 Å². The summed E-state index contributed by atoms with van der Waals surface area (Å²) < 4.78 is 19.3. The Morgan fingerprint density at radius 3 is 2.62 bits per heavy atom. The van der Waals surface area contributed by atoms with E-state index in [9.17, 15) is 19.5 Å². The summed E-state index contributed by atoms with van der Waals surface area (Å²) >= 11 is 1.26. The zero-order valence-corrected chi connectivity index (χ0v) is 25.3. The molecule has 1 fully saturated rings. The second-order valence-electron chi connectivity index (χ2n) is 11.0. The second-order valence-corrected chi connectivity index (χ2v) is 12.0. The van der Waals surface area contributed by atoms with Crippen molar-refractivity contribution >= 4 is 27.5 Å². The first-order valence-electron chi connectivity index (χ1n) is 14.0. The predicted octanol–water partition coefficient (Wildman–Crippen LogP) is 2.96. The van der Waals surface area contributed by atoms with Crippen molar-refractivity contribution in [2.45, 2.75) is 58.7 Å². The van der Waals surface area contributed by atoms with E-state index in [1.807, 2.05) is 18.2 Å². The van der Waals surface area contributed by atoms with Crippen LogP contribution in [0.5, 0.6) is 5.75 Å². The first-order chi connectivity index (χ1) is 20.1. The summed E-state index contributed by atoms with van der Waals surface area (Å²) in [6.07, 6.45) is 3.23. The predicted molar refractivity (Wildman–Crippen MR) is 159 cm³/mol. The Bertz CT molecular complexity index is 1710. The fourth-order valence-corrected chi connectivity index (χ4v) is 6.90. The smallest absolute Gasteiger partial charge is 0.333 e. The van der Waals surface area contributed by atoms with Gasteiger partial charge in [0.05, 0.1) is 42.9 Å². The van der Waals surface area contributed by atoms with Crippen LogP contribution in [0.15, 0.2) is 44.7 Å². The highest BCUT2D eigenvalue weighted by Crippen LogP contribution is 2.36. The van der Waals surface area contributed by atoms with Gasteiger partial charge in [0.2, 0.25) is 11.8 Å². The van der Waals surface area contributed by atoms with Gasteiger partial charge in [-0.05, 0) is 63.3 Å². The molecule has 0 spiro atoms. The summed E-state index contributed by atoms with van der Waals surface area (Å²) in [6, 6.07) is 5.65. The fraction of sp³-hybridized carbons (Fsp3) is 0.467. The third-order valence-corrected chi connectivity index (χ3v) is 9.07. The molecule has 5 rings (SSSR count). The van der Waals surface area contributed by atoms with E-state index in [4.69, 9.17) is 13.9 Å². The Kier molecular flexibility index (Phi) is 8.40. The maximum atomic E-state index is 14.3. The molecule has 1 unspecified atom stereocenters. The van der Waals surface area contributed by atoms with Gasteiger partial charge in [-0.25, -0.2) is 14.3 Å². The molecular formula is C30H36N4O7S. The van der Waals surface area contributed by atoms with Crippen molar-refractivity contribution < 1.29 is 23.8 Å². The van der Waals surface area contributed by atoms with Crippen LogP contribution < -0.4 is 16.0 Å². The minimum absolute atomic E-state index is 0.204. The van der Waals surface area contributed by atoms with Crippen molar-refractivity contribution in [3.8, 4) is 16.5 Å².